The lowest BCUT2D eigenvalue weighted by molar-refractivity contribution is 0.299. The fourth-order valence-electron chi connectivity index (χ4n) is 2.10. The van der Waals surface area contributed by atoms with Crippen molar-refractivity contribution >= 4 is 0 Å². The third-order valence-electron chi connectivity index (χ3n) is 3.05. The van der Waals surface area contributed by atoms with Gasteiger partial charge in [0.2, 0.25) is 0 Å². The van der Waals surface area contributed by atoms with Gasteiger partial charge in [-0.15, -0.1) is 0 Å². The number of rotatable bonds is 6. The molecule has 0 radical (unpaired) electrons. The summed E-state index contributed by atoms with van der Waals surface area (Å²) >= 11 is 0. The van der Waals surface area contributed by atoms with E-state index in [0.29, 0.717) is 6.61 Å². The predicted octanol–water partition coefficient (Wildman–Crippen LogP) is 4.23. The molecule has 0 unspecified atom stereocenters. The van der Waals surface area contributed by atoms with Crippen LogP contribution in [0, 0.1) is 0 Å². The third-order valence-corrected chi connectivity index (χ3v) is 3.05. The SMILES string of the molecule is CCCc1c(OC)cccc1OCc1ccccc1. The van der Waals surface area contributed by atoms with Gasteiger partial charge in [0, 0.05) is 5.56 Å². The molecule has 2 aromatic carbocycles. The maximum atomic E-state index is 5.94. The van der Waals surface area contributed by atoms with E-state index in [0.717, 1.165) is 29.9 Å². The molecule has 0 bridgehead atoms. The van der Waals surface area contributed by atoms with Crippen LogP contribution in [0.4, 0.5) is 0 Å². The Labute approximate surface area is 115 Å². The molecular weight excluding hydrogens is 236 g/mol. The number of ether oxygens (including phenoxy) is 2. The molecule has 0 amide bonds. The third kappa shape index (κ3) is 3.50. The van der Waals surface area contributed by atoms with Crippen LogP contribution in [-0.4, -0.2) is 7.11 Å². The molecule has 2 aromatic rings. The van der Waals surface area contributed by atoms with Gasteiger partial charge in [0.25, 0.3) is 0 Å². The Bertz CT molecular complexity index is 506. The number of hydrogen-bond acceptors (Lipinski definition) is 2. The lowest BCUT2D eigenvalue weighted by Gasteiger charge is -2.14. The van der Waals surface area contributed by atoms with Crippen molar-refractivity contribution in [1.29, 1.82) is 0 Å². The molecule has 0 spiro atoms. The van der Waals surface area contributed by atoms with E-state index >= 15 is 0 Å². The molecule has 0 N–H and O–H groups in total. The van der Waals surface area contributed by atoms with E-state index in [1.165, 1.54) is 5.56 Å². The van der Waals surface area contributed by atoms with Gasteiger partial charge in [-0.25, -0.2) is 0 Å². The first-order valence-electron chi connectivity index (χ1n) is 6.67. The van der Waals surface area contributed by atoms with Gasteiger partial charge in [0.05, 0.1) is 7.11 Å². The van der Waals surface area contributed by atoms with E-state index < -0.39 is 0 Å². The van der Waals surface area contributed by atoms with Crippen LogP contribution in [0.1, 0.15) is 24.5 Å². The van der Waals surface area contributed by atoms with Gasteiger partial charge in [-0.1, -0.05) is 49.7 Å². The van der Waals surface area contributed by atoms with Gasteiger partial charge in [0.15, 0.2) is 0 Å². The van der Waals surface area contributed by atoms with Crippen LogP contribution in [0.25, 0.3) is 0 Å². The van der Waals surface area contributed by atoms with Crippen LogP contribution in [-0.2, 0) is 13.0 Å². The molecule has 0 aromatic heterocycles. The average Bonchev–Trinajstić information content (AvgIpc) is 2.47. The van der Waals surface area contributed by atoms with Crippen molar-refractivity contribution in [2.24, 2.45) is 0 Å². The first kappa shape index (κ1) is 13.5. The molecule has 0 saturated carbocycles. The second-order valence-corrected chi connectivity index (χ2v) is 4.46. The van der Waals surface area contributed by atoms with E-state index in [1.807, 2.05) is 36.4 Å². The van der Waals surface area contributed by atoms with Crippen molar-refractivity contribution in [1.82, 2.24) is 0 Å². The highest BCUT2D eigenvalue weighted by atomic mass is 16.5. The Balaban J connectivity index is 2.15. The summed E-state index contributed by atoms with van der Waals surface area (Å²) < 4.78 is 11.3. The molecule has 2 rings (SSSR count). The molecule has 2 heteroatoms. The quantitative estimate of drug-likeness (QED) is 0.770. The molecule has 0 fully saturated rings. The van der Waals surface area contributed by atoms with Crippen molar-refractivity contribution < 1.29 is 9.47 Å². The predicted molar refractivity (Wildman–Crippen MR) is 77.8 cm³/mol. The standard InChI is InChI=1S/C17H20O2/c1-3-8-15-16(18-2)11-7-12-17(15)19-13-14-9-5-4-6-10-14/h4-7,9-12H,3,8,13H2,1-2H3. The van der Waals surface area contributed by atoms with Crippen molar-refractivity contribution in [3.63, 3.8) is 0 Å². The number of benzene rings is 2. The van der Waals surface area contributed by atoms with Crippen LogP contribution in [0.15, 0.2) is 48.5 Å². The summed E-state index contributed by atoms with van der Waals surface area (Å²) in [6.45, 7) is 2.75. The zero-order valence-corrected chi connectivity index (χ0v) is 11.6. The number of hydrogen-bond donors (Lipinski definition) is 0. The number of methoxy groups -OCH3 is 1. The summed E-state index contributed by atoms with van der Waals surface area (Å²) in [6, 6.07) is 16.2. The molecule has 0 saturated heterocycles. The van der Waals surface area contributed by atoms with Crippen molar-refractivity contribution in [2.75, 3.05) is 7.11 Å². The minimum absolute atomic E-state index is 0.588. The van der Waals surface area contributed by atoms with Crippen LogP contribution in [0.3, 0.4) is 0 Å². The molecular formula is C17H20O2. The highest BCUT2D eigenvalue weighted by Gasteiger charge is 2.09. The molecule has 19 heavy (non-hydrogen) atoms. The molecule has 0 atom stereocenters. The molecule has 0 aliphatic carbocycles. The summed E-state index contributed by atoms with van der Waals surface area (Å²) in [4.78, 5) is 0. The smallest absolute Gasteiger partial charge is 0.126 e. The largest absolute Gasteiger partial charge is 0.496 e. The Morgan fingerprint density at radius 2 is 1.63 bits per heavy atom. The van der Waals surface area contributed by atoms with Gasteiger partial charge >= 0.3 is 0 Å². The zero-order chi connectivity index (χ0) is 13.5. The highest BCUT2D eigenvalue weighted by molar-refractivity contribution is 5.45. The normalized spacial score (nSPS) is 10.2. The Morgan fingerprint density at radius 3 is 2.32 bits per heavy atom. The molecule has 0 aliphatic rings. The summed E-state index contributed by atoms with van der Waals surface area (Å²) in [7, 11) is 1.70. The Hall–Kier alpha value is -1.96. The fourth-order valence-corrected chi connectivity index (χ4v) is 2.10. The lowest BCUT2D eigenvalue weighted by Crippen LogP contribution is -2.00. The van der Waals surface area contributed by atoms with E-state index in [1.54, 1.807) is 7.11 Å². The minimum Gasteiger partial charge on any atom is -0.496 e. The van der Waals surface area contributed by atoms with Crippen LogP contribution in [0.2, 0.25) is 0 Å². The first-order valence-corrected chi connectivity index (χ1v) is 6.67. The van der Waals surface area contributed by atoms with Crippen molar-refractivity contribution in [2.45, 2.75) is 26.4 Å². The molecule has 0 heterocycles. The maximum absolute atomic E-state index is 5.94. The zero-order valence-electron chi connectivity index (χ0n) is 11.6. The average molecular weight is 256 g/mol. The highest BCUT2D eigenvalue weighted by Crippen LogP contribution is 2.30. The fraction of sp³-hybridized carbons (Fsp3) is 0.294. The van der Waals surface area contributed by atoms with Gasteiger partial charge < -0.3 is 9.47 Å². The second-order valence-electron chi connectivity index (χ2n) is 4.46. The Kier molecular flexibility index (Phi) is 4.85. The van der Waals surface area contributed by atoms with Gasteiger partial charge in [-0.2, -0.15) is 0 Å². The molecule has 100 valence electrons. The summed E-state index contributed by atoms with van der Waals surface area (Å²) in [5.74, 6) is 1.83. The maximum Gasteiger partial charge on any atom is 0.126 e. The van der Waals surface area contributed by atoms with Crippen LogP contribution < -0.4 is 9.47 Å². The summed E-state index contributed by atoms with van der Waals surface area (Å²) in [5.41, 5.74) is 2.33. The molecule has 2 nitrogen and oxygen atoms in total. The lowest BCUT2D eigenvalue weighted by atomic mass is 10.1. The van der Waals surface area contributed by atoms with E-state index in [2.05, 4.69) is 19.1 Å². The van der Waals surface area contributed by atoms with Gasteiger partial charge in [-0.05, 0) is 24.1 Å². The monoisotopic (exact) mass is 256 g/mol. The summed E-state index contributed by atoms with van der Waals surface area (Å²) in [5, 5.41) is 0. The van der Waals surface area contributed by atoms with Crippen molar-refractivity contribution in [3.05, 3.63) is 59.7 Å². The van der Waals surface area contributed by atoms with Crippen LogP contribution >= 0.6 is 0 Å². The topological polar surface area (TPSA) is 18.5 Å². The summed E-state index contributed by atoms with van der Waals surface area (Å²) in [6.07, 6.45) is 2.04. The molecule has 0 aliphatic heterocycles. The van der Waals surface area contributed by atoms with Crippen molar-refractivity contribution in [3.8, 4) is 11.5 Å². The Morgan fingerprint density at radius 1 is 0.895 bits per heavy atom. The van der Waals surface area contributed by atoms with E-state index in [9.17, 15) is 0 Å². The van der Waals surface area contributed by atoms with Gasteiger partial charge in [-0.3, -0.25) is 0 Å². The van der Waals surface area contributed by atoms with Gasteiger partial charge in [0.1, 0.15) is 18.1 Å². The van der Waals surface area contributed by atoms with E-state index in [-0.39, 0.29) is 0 Å². The first-order chi connectivity index (χ1) is 9.35. The minimum atomic E-state index is 0.588. The van der Waals surface area contributed by atoms with Crippen LogP contribution in [0.5, 0.6) is 11.5 Å². The second kappa shape index (κ2) is 6.83. The van der Waals surface area contributed by atoms with E-state index in [4.69, 9.17) is 9.47 Å².